The maximum absolute atomic E-state index is 11.4. The molecule has 4 nitrogen and oxygen atoms in total. The van der Waals surface area contributed by atoms with E-state index in [1.165, 1.54) is 18.2 Å². The molecule has 0 saturated heterocycles. The van der Waals surface area contributed by atoms with Gasteiger partial charge < -0.3 is 15.0 Å². The maximum Gasteiger partial charge on any atom is 0.354 e. The summed E-state index contributed by atoms with van der Waals surface area (Å²) in [6.07, 6.45) is 0. The number of nitrogens with one attached hydrogen (secondary N) is 2. The van der Waals surface area contributed by atoms with Crippen molar-refractivity contribution in [3.05, 3.63) is 58.9 Å². The van der Waals surface area contributed by atoms with Crippen molar-refractivity contribution in [2.75, 3.05) is 7.11 Å². The number of esters is 1. The van der Waals surface area contributed by atoms with E-state index in [4.69, 9.17) is 0 Å². The van der Waals surface area contributed by atoms with Crippen molar-refractivity contribution >= 4 is 5.97 Å². The van der Waals surface area contributed by atoms with Crippen molar-refractivity contribution in [3.8, 4) is 0 Å². The lowest BCUT2D eigenvalue weighted by Crippen LogP contribution is -2.19. The Morgan fingerprint density at radius 3 is 2.75 bits per heavy atom. The van der Waals surface area contributed by atoms with Crippen LogP contribution in [0.5, 0.6) is 0 Å². The Morgan fingerprint density at radius 1 is 1.30 bits per heavy atom. The van der Waals surface area contributed by atoms with Crippen LogP contribution in [0.1, 0.15) is 40.3 Å². The number of aromatic amines is 1. The summed E-state index contributed by atoms with van der Waals surface area (Å²) >= 11 is 0. The number of methoxy groups -OCH3 is 1. The fourth-order valence-corrected chi connectivity index (χ4v) is 2.22. The van der Waals surface area contributed by atoms with Gasteiger partial charge in [-0.3, -0.25) is 0 Å². The molecular weight excluding hydrogens is 252 g/mol. The first kappa shape index (κ1) is 14.3. The van der Waals surface area contributed by atoms with E-state index < -0.39 is 0 Å². The number of hydrogen-bond acceptors (Lipinski definition) is 3. The van der Waals surface area contributed by atoms with Crippen LogP contribution in [-0.4, -0.2) is 18.1 Å². The number of aryl methyl sites for hydroxylation is 1. The quantitative estimate of drug-likeness (QED) is 0.823. The third kappa shape index (κ3) is 3.27. The van der Waals surface area contributed by atoms with Gasteiger partial charge in [0.15, 0.2) is 0 Å². The van der Waals surface area contributed by atoms with Crippen molar-refractivity contribution in [2.45, 2.75) is 26.4 Å². The van der Waals surface area contributed by atoms with Crippen molar-refractivity contribution in [3.63, 3.8) is 0 Å². The number of rotatable bonds is 5. The third-order valence-electron chi connectivity index (χ3n) is 3.41. The maximum atomic E-state index is 11.4. The molecule has 106 valence electrons. The van der Waals surface area contributed by atoms with Gasteiger partial charge in [0, 0.05) is 18.3 Å². The van der Waals surface area contributed by atoms with Crippen LogP contribution in [0.25, 0.3) is 0 Å². The standard InChI is InChI=1S/C16H20N2O2/c1-11-6-4-5-7-14(11)12(2)17-10-13-8-9-15(18-13)16(19)20-3/h4-9,12,17-18H,10H2,1-3H3/t12-/m0/s1. The molecule has 20 heavy (non-hydrogen) atoms. The number of carbonyl (C=O) groups is 1. The molecule has 0 spiro atoms. The summed E-state index contributed by atoms with van der Waals surface area (Å²) in [6, 6.07) is 12.2. The van der Waals surface area contributed by atoms with Gasteiger partial charge in [-0.25, -0.2) is 4.79 Å². The van der Waals surface area contributed by atoms with E-state index in [1.54, 1.807) is 6.07 Å². The fourth-order valence-electron chi connectivity index (χ4n) is 2.22. The summed E-state index contributed by atoms with van der Waals surface area (Å²) in [5.74, 6) is -0.344. The minimum absolute atomic E-state index is 0.251. The average molecular weight is 272 g/mol. The molecule has 1 atom stereocenters. The van der Waals surface area contributed by atoms with E-state index in [9.17, 15) is 4.79 Å². The van der Waals surface area contributed by atoms with E-state index in [2.05, 4.69) is 41.0 Å². The van der Waals surface area contributed by atoms with Crippen molar-refractivity contribution in [1.82, 2.24) is 10.3 Å². The molecule has 0 bridgehead atoms. The van der Waals surface area contributed by atoms with Gasteiger partial charge in [0.25, 0.3) is 0 Å². The summed E-state index contributed by atoms with van der Waals surface area (Å²) in [4.78, 5) is 14.4. The lowest BCUT2D eigenvalue weighted by molar-refractivity contribution is 0.0594. The first-order valence-corrected chi connectivity index (χ1v) is 6.67. The topological polar surface area (TPSA) is 54.1 Å². The van der Waals surface area contributed by atoms with E-state index in [1.807, 2.05) is 18.2 Å². The Hall–Kier alpha value is -2.07. The Kier molecular flexibility index (Phi) is 4.58. The molecule has 0 aliphatic rings. The SMILES string of the molecule is COC(=O)c1ccc(CN[C@@H](C)c2ccccc2C)[nH]1. The zero-order valence-electron chi connectivity index (χ0n) is 12.1. The first-order valence-electron chi connectivity index (χ1n) is 6.67. The van der Waals surface area contributed by atoms with Crippen molar-refractivity contribution < 1.29 is 9.53 Å². The van der Waals surface area contributed by atoms with Crippen LogP contribution in [0.2, 0.25) is 0 Å². The average Bonchev–Trinajstić information content (AvgIpc) is 2.93. The van der Waals surface area contributed by atoms with Gasteiger partial charge in [-0.05, 0) is 37.1 Å². The van der Waals surface area contributed by atoms with Gasteiger partial charge in [-0.2, -0.15) is 0 Å². The second-order valence-electron chi connectivity index (χ2n) is 4.85. The predicted octanol–water partition coefficient (Wildman–Crippen LogP) is 2.96. The van der Waals surface area contributed by atoms with Gasteiger partial charge >= 0.3 is 5.97 Å². The molecule has 0 unspecified atom stereocenters. The monoisotopic (exact) mass is 272 g/mol. The van der Waals surface area contributed by atoms with Crippen LogP contribution in [0.4, 0.5) is 0 Å². The molecule has 1 aromatic heterocycles. The fraction of sp³-hybridized carbons (Fsp3) is 0.312. The number of carbonyl (C=O) groups excluding carboxylic acids is 1. The molecule has 1 heterocycles. The molecule has 0 saturated carbocycles. The highest BCUT2D eigenvalue weighted by molar-refractivity contribution is 5.87. The van der Waals surface area contributed by atoms with Gasteiger partial charge in [-0.15, -0.1) is 0 Å². The molecule has 0 radical (unpaired) electrons. The van der Waals surface area contributed by atoms with Gasteiger partial charge in [-0.1, -0.05) is 24.3 Å². The minimum atomic E-state index is -0.344. The van der Waals surface area contributed by atoms with E-state index in [0.717, 1.165) is 5.69 Å². The second kappa shape index (κ2) is 6.39. The molecule has 2 N–H and O–H groups in total. The summed E-state index contributed by atoms with van der Waals surface area (Å²) in [7, 11) is 1.38. The number of aromatic nitrogens is 1. The highest BCUT2D eigenvalue weighted by atomic mass is 16.5. The summed E-state index contributed by atoms with van der Waals surface area (Å²) in [5, 5.41) is 3.44. The molecule has 1 aromatic carbocycles. The van der Waals surface area contributed by atoms with Crippen LogP contribution in [0, 0.1) is 6.92 Å². The summed E-state index contributed by atoms with van der Waals surface area (Å²) in [5.41, 5.74) is 4.00. The Labute approximate surface area is 119 Å². The van der Waals surface area contributed by atoms with Crippen LogP contribution in [-0.2, 0) is 11.3 Å². The highest BCUT2D eigenvalue weighted by Gasteiger charge is 2.10. The molecular formula is C16H20N2O2. The zero-order chi connectivity index (χ0) is 14.5. The Morgan fingerprint density at radius 2 is 2.05 bits per heavy atom. The predicted molar refractivity (Wildman–Crippen MR) is 78.6 cm³/mol. The first-order chi connectivity index (χ1) is 9.61. The number of H-pyrrole nitrogens is 1. The van der Waals surface area contributed by atoms with E-state index in [-0.39, 0.29) is 12.0 Å². The van der Waals surface area contributed by atoms with Crippen LogP contribution in [0.3, 0.4) is 0 Å². The van der Waals surface area contributed by atoms with Gasteiger partial charge in [0.2, 0.25) is 0 Å². The molecule has 0 fully saturated rings. The number of hydrogen-bond donors (Lipinski definition) is 2. The third-order valence-corrected chi connectivity index (χ3v) is 3.41. The second-order valence-corrected chi connectivity index (χ2v) is 4.85. The lowest BCUT2D eigenvalue weighted by Gasteiger charge is -2.16. The summed E-state index contributed by atoms with van der Waals surface area (Å²) < 4.78 is 4.67. The van der Waals surface area contributed by atoms with Crippen LogP contribution < -0.4 is 5.32 Å². The molecule has 2 rings (SSSR count). The Balaban J connectivity index is 1.97. The zero-order valence-corrected chi connectivity index (χ0v) is 12.1. The van der Waals surface area contributed by atoms with Crippen LogP contribution >= 0.6 is 0 Å². The van der Waals surface area contributed by atoms with Gasteiger partial charge in [0.1, 0.15) is 5.69 Å². The smallest absolute Gasteiger partial charge is 0.354 e. The molecule has 0 aliphatic carbocycles. The largest absolute Gasteiger partial charge is 0.464 e. The summed E-state index contributed by atoms with van der Waals surface area (Å²) in [6.45, 7) is 4.91. The van der Waals surface area contributed by atoms with Crippen LogP contribution in [0.15, 0.2) is 36.4 Å². The molecule has 4 heteroatoms. The number of ether oxygens (including phenoxy) is 1. The molecule has 2 aromatic rings. The van der Waals surface area contributed by atoms with Crippen molar-refractivity contribution in [1.29, 1.82) is 0 Å². The number of benzene rings is 1. The van der Waals surface area contributed by atoms with Crippen molar-refractivity contribution in [2.24, 2.45) is 0 Å². The minimum Gasteiger partial charge on any atom is -0.464 e. The normalized spacial score (nSPS) is 12.2. The molecule has 0 amide bonds. The lowest BCUT2D eigenvalue weighted by atomic mass is 10.0. The van der Waals surface area contributed by atoms with E-state index >= 15 is 0 Å². The Bertz CT molecular complexity index is 590. The molecule has 0 aliphatic heterocycles. The highest BCUT2D eigenvalue weighted by Crippen LogP contribution is 2.17. The van der Waals surface area contributed by atoms with E-state index in [0.29, 0.717) is 12.2 Å². The van der Waals surface area contributed by atoms with Gasteiger partial charge in [0.05, 0.1) is 7.11 Å².